The minimum atomic E-state index is 0.0207. The molecule has 2 nitrogen and oxygen atoms in total. The third-order valence-electron chi connectivity index (χ3n) is 4.29. The van der Waals surface area contributed by atoms with Crippen LogP contribution in [0.15, 0.2) is 0 Å². The van der Waals surface area contributed by atoms with Crippen molar-refractivity contribution >= 4 is 5.91 Å². The lowest BCUT2D eigenvalue weighted by Gasteiger charge is -2.47. The van der Waals surface area contributed by atoms with Gasteiger partial charge in [0, 0.05) is 13.1 Å². The maximum atomic E-state index is 11.6. The lowest BCUT2D eigenvalue weighted by atomic mass is 9.58. The van der Waals surface area contributed by atoms with E-state index in [-0.39, 0.29) is 5.91 Å². The van der Waals surface area contributed by atoms with Gasteiger partial charge in [0.05, 0.1) is 0 Å². The molecule has 2 aliphatic rings. The van der Waals surface area contributed by atoms with Gasteiger partial charge in [-0.15, -0.1) is 0 Å². The summed E-state index contributed by atoms with van der Waals surface area (Å²) in [6.07, 6.45) is 3.81. The highest BCUT2D eigenvalue weighted by molar-refractivity contribution is 5.93. The Morgan fingerprint density at radius 3 is 2.69 bits per heavy atom. The fourth-order valence-electron chi connectivity index (χ4n) is 3.15. The molecule has 1 heterocycles. The first-order chi connectivity index (χ1) is 7.56. The summed E-state index contributed by atoms with van der Waals surface area (Å²) in [5.41, 5.74) is 0.458. The third kappa shape index (κ3) is 1.96. The van der Waals surface area contributed by atoms with E-state index in [0.29, 0.717) is 5.41 Å². The summed E-state index contributed by atoms with van der Waals surface area (Å²) in [7, 11) is 0. The summed E-state index contributed by atoms with van der Waals surface area (Å²) in [6, 6.07) is 0. The Bertz CT molecular complexity index is 341. The van der Waals surface area contributed by atoms with Crippen molar-refractivity contribution in [3.63, 3.8) is 0 Å². The highest BCUT2D eigenvalue weighted by Crippen LogP contribution is 2.54. The van der Waals surface area contributed by atoms with Crippen molar-refractivity contribution in [3.8, 4) is 11.8 Å². The van der Waals surface area contributed by atoms with E-state index in [2.05, 4.69) is 25.7 Å². The number of hydrogen-bond donors (Lipinski definition) is 0. The largest absolute Gasteiger partial charge is 0.331 e. The van der Waals surface area contributed by atoms with Gasteiger partial charge in [-0.1, -0.05) is 19.8 Å². The highest BCUT2D eigenvalue weighted by Gasteiger charge is 2.49. The maximum absolute atomic E-state index is 11.6. The fourth-order valence-corrected chi connectivity index (χ4v) is 3.15. The smallest absolute Gasteiger partial charge is 0.298 e. The van der Waals surface area contributed by atoms with Gasteiger partial charge in [-0.3, -0.25) is 4.79 Å². The van der Waals surface area contributed by atoms with Crippen molar-refractivity contribution in [2.24, 2.45) is 17.3 Å². The second-order valence-corrected chi connectivity index (χ2v) is 5.76. The molecule has 1 spiro atoms. The van der Waals surface area contributed by atoms with Crippen LogP contribution in [-0.2, 0) is 4.79 Å². The van der Waals surface area contributed by atoms with Gasteiger partial charge < -0.3 is 4.90 Å². The molecule has 2 fully saturated rings. The molecule has 1 aliphatic carbocycles. The molecule has 0 bridgehead atoms. The molecule has 0 unspecified atom stereocenters. The first kappa shape index (κ1) is 11.5. The number of rotatable bonds is 1. The molecule has 2 heteroatoms. The predicted octanol–water partition coefficient (Wildman–Crippen LogP) is 2.29. The van der Waals surface area contributed by atoms with Crippen LogP contribution in [0.3, 0.4) is 0 Å². The molecule has 0 radical (unpaired) electrons. The molecule has 0 N–H and O–H groups in total. The fraction of sp³-hybridized carbons (Fsp3) is 0.786. The van der Waals surface area contributed by atoms with Crippen LogP contribution < -0.4 is 0 Å². The van der Waals surface area contributed by atoms with Crippen molar-refractivity contribution < 1.29 is 4.79 Å². The van der Waals surface area contributed by atoms with Gasteiger partial charge in [0.2, 0.25) is 0 Å². The van der Waals surface area contributed by atoms with E-state index < -0.39 is 0 Å². The minimum absolute atomic E-state index is 0.0207. The van der Waals surface area contributed by atoms with Gasteiger partial charge in [0.15, 0.2) is 0 Å². The summed E-state index contributed by atoms with van der Waals surface area (Å²) in [5, 5.41) is 0. The van der Waals surface area contributed by atoms with Crippen molar-refractivity contribution in [3.05, 3.63) is 0 Å². The lowest BCUT2D eigenvalue weighted by Crippen LogP contribution is -2.42. The normalized spacial score (nSPS) is 32.5. The zero-order valence-electron chi connectivity index (χ0n) is 10.5. The predicted molar refractivity (Wildman–Crippen MR) is 64.6 cm³/mol. The number of likely N-dealkylation sites (tertiary alicyclic amines) is 1. The van der Waals surface area contributed by atoms with E-state index >= 15 is 0 Å². The van der Waals surface area contributed by atoms with E-state index in [1.807, 2.05) is 4.90 Å². The van der Waals surface area contributed by atoms with Crippen LogP contribution in [0.25, 0.3) is 0 Å². The zero-order valence-corrected chi connectivity index (χ0v) is 10.5. The van der Waals surface area contributed by atoms with Gasteiger partial charge in [0.25, 0.3) is 5.91 Å². The molecular formula is C14H21NO. The molecule has 88 valence electrons. The summed E-state index contributed by atoms with van der Waals surface area (Å²) in [5.74, 6) is 7.04. The Morgan fingerprint density at radius 1 is 1.44 bits per heavy atom. The van der Waals surface area contributed by atoms with Gasteiger partial charge in [0.1, 0.15) is 0 Å². The van der Waals surface area contributed by atoms with Crippen molar-refractivity contribution in [2.45, 2.75) is 40.0 Å². The molecule has 1 saturated heterocycles. The van der Waals surface area contributed by atoms with Crippen molar-refractivity contribution in [1.82, 2.24) is 4.90 Å². The molecule has 1 amide bonds. The zero-order chi connectivity index (χ0) is 11.8. The number of amides is 1. The van der Waals surface area contributed by atoms with Crippen LogP contribution in [-0.4, -0.2) is 23.9 Å². The lowest BCUT2D eigenvalue weighted by molar-refractivity contribution is -0.125. The topological polar surface area (TPSA) is 20.3 Å². The van der Waals surface area contributed by atoms with E-state index in [4.69, 9.17) is 0 Å². The first-order valence-corrected chi connectivity index (χ1v) is 6.28. The van der Waals surface area contributed by atoms with Gasteiger partial charge >= 0.3 is 0 Å². The number of hydrogen-bond acceptors (Lipinski definition) is 1. The monoisotopic (exact) mass is 219 g/mol. The van der Waals surface area contributed by atoms with Crippen LogP contribution in [0.5, 0.6) is 0 Å². The molecule has 2 rings (SSSR count). The molecular weight excluding hydrogens is 198 g/mol. The summed E-state index contributed by atoms with van der Waals surface area (Å²) in [4.78, 5) is 13.6. The van der Waals surface area contributed by atoms with E-state index in [1.165, 1.54) is 19.3 Å². The Kier molecular flexibility index (Phi) is 2.97. The quantitative estimate of drug-likeness (QED) is 0.620. The summed E-state index contributed by atoms with van der Waals surface area (Å²) < 4.78 is 0. The maximum Gasteiger partial charge on any atom is 0.298 e. The Balaban J connectivity index is 1.89. The summed E-state index contributed by atoms with van der Waals surface area (Å²) >= 11 is 0. The average Bonchev–Trinajstić information content (AvgIpc) is 2.60. The standard InChI is InChI=1S/C14H21NO/c1-4-5-13(16)15-7-6-14(10-15)8-12(9-14)11(2)3/h11-12H,6-10H2,1-3H3. The highest BCUT2D eigenvalue weighted by atomic mass is 16.2. The number of nitrogens with zero attached hydrogens (tertiary/aromatic N) is 1. The molecule has 1 saturated carbocycles. The van der Waals surface area contributed by atoms with Gasteiger partial charge in [-0.2, -0.15) is 0 Å². The van der Waals surface area contributed by atoms with Crippen LogP contribution >= 0.6 is 0 Å². The number of carbonyl (C=O) groups excluding carboxylic acids is 1. The molecule has 0 aromatic carbocycles. The molecule has 0 atom stereocenters. The Hall–Kier alpha value is -0.970. The van der Waals surface area contributed by atoms with Crippen LogP contribution in [0, 0.1) is 29.1 Å². The molecule has 16 heavy (non-hydrogen) atoms. The molecule has 0 aromatic rings. The second-order valence-electron chi connectivity index (χ2n) is 5.76. The minimum Gasteiger partial charge on any atom is -0.331 e. The Labute approximate surface area is 98.4 Å². The van der Waals surface area contributed by atoms with E-state index in [0.717, 1.165) is 24.9 Å². The molecule has 0 aromatic heterocycles. The van der Waals surface area contributed by atoms with Crippen LogP contribution in [0.2, 0.25) is 0 Å². The van der Waals surface area contributed by atoms with Gasteiger partial charge in [-0.05, 0) is 49.4 Å². The second kappa shape index (κ2) is 4.13. The number of carbonyl (C=O) groups is 1. The third-order valence-corrected chi connectivity index (χ3v) is 4.29. The first-order valence-electron chi connectivity index (χ1n) is 6.28. The van der Waals surface area contributed by atoms with Gasteiger partial charge in [-0.25, -0.2) is 0 Å². The van der Waals surface area contributed by atoms with Crippen molar-refractivity contribution in [2.75, 3.05) is 13.1 Å². The van der Waals surface area contributed by atoms with E-state index in [9.17, 15) is 4.79 Å². The Morgan fingerprint density at radius 2 is 2.12 bits per heavy atom. The van der Waals surface area contributed by atoms with Crippen LogP contribution in [0.1, 0.15) is 40.0 Å². The SMILES string of the molecule is CC#CC(=O)N1CCC2(CC(C(C)C)C2)C1. The van der Waals surface area contributed by atoms with Crippen LogP contribution in [0.4, 0.5) is 0 Å². The van der Waals surface area contributed by atoms with E-state index in [1.54, 1.807) is 6.92 Å². The molecule has 1 aliphatic heterocycles. The van der Waals surface area contributed by atoms with Crippen molar-refractivity contribution in [1.29, 1.82) is 0 Å². The summed E-state index contributed by atoms with van der Waals surface area (Å²) in [6.45, 7) is 8.19. The average molecular weight is 219 g/mol.